The molecule has 4 heteroatoms. The van der Waals surface area contributed by atoms with Crippen LogP contribution in [0.4, 0.5) is 5.95 Å². The Kier molecular flexibility index (Phi) is 3.37. The minimum Gasteiger partial charge on any atom is -0.355 e. The lowest BCUT2D eigenvalue weighted by molar-refractivity contribution is 0.770. The molecular formula is C16H18N4. The van der Waals surface area contributed by atoms with Gasteiger partial charge in [0.1, 0.15) is 0 Å². The lowest BCUT2D eigenvalue weighted by Gasteiger charge is -2.08. The molecule has 3 rings (SSSR count). The summed E-state index contributed by atoms with van der Waals surface area (Å²) in [6.07, 6.45) is 0. The molecular weight excluding hydrogens is 248 g/mol. The van der Waals surface area contributed by atoms with Crippen LogP contribution in [0, 0.1) is 0 Å². The van der Waals surface area contributed by atoms with Gasteiger partial charge in [0.05, 0.1) is 0 Å². The molecule has 1 N–H and O–H groups in total. The Morgan fingerprint density at radius 1 is 1.00 bits per heavy atom. The zero-order valence-electron chi connectivity index (χ0n) is 11.8. The molecule has 1 aromatic heterocycles. The second kappa shape index (κ2) is 5.33. The topological polar surface area (TPSA) is 42.7 Å². The quantitative estimate of drug-likeness (QED) is 0.785. The van der Waals surface area contributed by atoms with Gasteiger partial charge in [0.2, 0.25) is 5.95 Å². The standard InChI is InChI=1S/C16H18N4/c1-3-17-16-19-18-15(20(16)4-2)14-10-9-12-7-5-6-8-13(12)11-14/h5-11H,3-4H2,1-2H3,(H,17,19). The Hall–Kier alpha value is -2.36. The summed E-state index contributed by atoms with van der Waals surface area (Å²) >= 11 is 0. The number of hydrogen-bond acceptors (Lipinski definition) is 3. The molecule has 0 saturated carbocycles. The molecule has 0 aliphatic rings. The summed E-state index contributed by atoms with van der Waals surface area (Å²) in [5.74, 6) is 1.74. The van der Waals surface area contributed by atoms with Gasteiger partial charge in [0.15, 0.2) is 5.82 Å². The van der Waals surface area contributed by atoms with E-state index in [0.29, 0.717) is 0 Å². The van der Waals surface area contributed by atoms with Crippen LogP contribution in [0.15, 0.2) is 42.5 Å². The Balaban J connectivity index is 2.10. The van der Waals surface area contributed by atoms with Crippen molar-refractivity contribution in [1.82, 2.24) is 14.8 Å². The molecule has 0 aliphatic carbocycles. The van der Waals surface area contributed by atoms with Gasteiger partial charge in [-0.3, -0.25) is 4.57 Å². The number of nitrogens with one attached hydrogen (secondary N) is 1. The molecule has 0 aliphatic heterocycles. The third-order valence-electron chi connectivity index (χ3n) is 3.41. The van der Waals surface area contributed by atoms with Crippen molar-refractivity contribution < 1.29 is 0 Å². The van der Waals surface area contributed by atoms with Gasteiger partial charge < -0.3 is 5.32 Å². The van der Waals surface area contributed by atoms with Crippen LogP contribution in [0.3, 0.4) is 0 Å². The van der Waals surface area contributed by atoms with E-state index in [0.717, 1.165) is 30.4 Å². The van der Waals surface area contributed by atoms with Crippen LogP contribution in [0.5, 0.6) is 0 Å². The van der Waals surface area contributed by atoms with Crippen molar-refractivity contribution in [2.45, 2.75) is 20.4 Å². The normalized spacial score (nSPS) is 10.9. The van der Waals surface area contributed by atoms with Gasteiger partial charge in [-0.25, -0.2) is 0 Å². The van der Waals surface area contributed by atoms with Crippen molar-refractivity contribution in [3.63, 3.8) is 0 Å². The molecule has 0 fully saturated rings. The first-order valence-electron chi connectivity index (χ1n) is 6.99. The summed E-state index contributed by atoms with van der Waals surface area (Å²) < 4.78 is 2.10. The second-order valence-corrected chi connectivity index (χ2v) is 4.68. The van der Waals surface area contributed by atoms with Crippen molar-refractivity contribution in [3.05, 3.63) is 42.5 Å². The first kappa shape index (κ1) is 12.7. The average Bonchev–Trinajstić information content (AvgIpc) is 2.90. The summed E-state index contributed by atoms with van der Waals surface area (Å²) in [4.78, 5) is 0. The fourth-order valence-electron chi connectivity index (χ4n) is 2.43. The van der Waals surface area contributed by atoms with Crippen LogP contribution in [0.25, 0.3) is 22.2 Å². The third kappa shape index (κ3) is 2.13. The molecule has 0 bridgehead atoms. The zero-order valence-corrected chi connectivity index (χ0v) is 11.8. The van der Waals surface area contributed by atoms with Crippen LogP contribution < -0.4 is 5.32 Å². The van der Waals surface area contributed by atoms with Gasteiger partial charge in [-0.15, -0.1) is 10.2 Å². The van der Waals surface area contributed by atoms with E-state index in [1.54, 1.807) is 0 Å². The maximum absolute atomic E-state index is 4.33. The van der Waals surface area contributed by atoms with E-state index in [1.165, 1.54) is 10.8 Å². The summed E-state index contributed by atoms with van der Waals surface area (Å²) in [6.45, 7) is 5.85. The summed E-state index contributed by atoms with van der Waals surface area (Å²) in [5, 5.41) is 14.3. The van der Waals surface area contributed by atoms with Crippen LogP contribution in [-0.2, 0) is 6.54 Å². The highest BCUT2D eigenvalue weighted by molar-refractivity contribution is 5.86. The van der Waals surface area contributed by atoms with Gasteiger partial charge >= 0.3 is 0 Å². The van der Waals surface area contributed by atoms with Crippen LogP contribution >= 0.6 is 0 Å². The molecule has 0 atom stereocenters. The predicted octanol–water partition coefficient (Wildman–Crippen LogP) is 3.55. The molecule has 2 aromatic carbocycles. The molecule has 0 saturated heterocycles. The monoisotopic (exact) mass is 266 g/mol. The van der Waals surface area contributed by atoms with E-state index in [4.69, 9.17) is 0 Å². The Labute approximate surface area is 118 Å². The van der Waals surface area contributed by atoms with Crippen LogP contribution in [0.1, 0.15) is 13.8 Å². The predicted molar refractivity (Wildman–Crippen MR) is 82.8 cm³/mol. The van der Waals surface area contributed by atoms with Crippen molar-refractivity contribution in [2.24, 2.45) is 0 Å². The zero-order chi connectivity index (χ0) is 13.9. The minimum atomic E-state index is 0.832. The van der Waals surface area contributed by atoms with E-state index in [9.17, 15) is 0 Å². The number of nitrogens with zero attached hydrogens (tertiary/aromatic N) is 3. The Morgan fingerprint density at radius 3 is 2.55 bits per heavy atom. The number of aromatic nitrogens is 3. The second-order valence-electron chi connectivity index (χ2n) is 4.68. The third-order valence-corrected chi connectivity index (χ3v) is 3.41. The summed E-state index contributed by atoms with van der Waals surface area (Å²) in [7, 11) is 0. The smallest absolute Gasteiger partial charge is 0.224 e. The SMILES string of the molecule is CCNc1nnc(-c2ccc3ccccc3c2)n1CC. The molecule has 0 amide bonds. The number of anilines is 1. The van der Waals surface area contributed by atoms with Gasteiger partial charge in [-0.05, 0) is 30.7 Å². The van der Waals surface area contributed by atoms with Crippen LogP contribution in [0.2, 0.25) is 0 Å². The lowest BCUT2D eigenvalue weighted by atomic mass is 10.1. The van der Waals surface area contributed by atoms with Crippen molar-refractivity contribution in [2.75, 3.05) is 11.9 Å². The van der Waals surface area contributed by atoms with Gasteiger partial charge in [0.25, 0.3) is 0 Å². The van der Waals surface area contributed by atoms with Crippen molar-refractivity contribution in [1.29, 1.82) is 0 Å². The fraction of sp³-hybridized carbons (Fsp3) is 0.250. The lowest BCUT2D eigenvalue weighted by Crippen LogP contribution is -2.06. The van der Waals surface area contributed by atoms with Crippen molar-refractivity contribution in [3.8, 4) is 11.4 Å². The van der Waals surface area contributed by atoms with E-state index >= 15 is 0 Å². The first-order valence-corrected chi connectivity index (χ1v) is 6.99. The maximum atomic E-state index is 4.33. The molecule has 3 aromatic rings. The highest BCUT2D eigenvalue weighted by atomic mass is 15.3. The molecule has 20 heavy (non-hydrogen) atoms. The Morgan fingerprint density at radius 2 is 1.80 bits per heavy atom. The summed E-state index contributed by atoms with van der Waals surface area (Å²) in [6, 6.07) is 14.8. The van der Waals surface area contributed by atoms with Gasteiger partial charge in [-0.2, -0.15) is 0 Å². The average molecular weight is 266 g/mol. The fourth-order valence-corrected chi connectivity index (χ4v) is 2.43. The van der Waals surface area contributed by atoms with E-state index in [2.05, 4.69) is 76.4 Å². The molecule has 0 radical (unpaired) electrons. The number of rotatable bonds is 4. The molecule has 0 unspecified atom stereocenters. The largest absolute Gasteiger partial charge is 0.355 e. The molecule has 1 heterocycles. The van der Waals surface area contributed by atoms with Crippen LogP contribution in [-0.4, -0.2) is 21.3 Å². The first-order chi connectivity index (χ1) is 9.83. The van der Waals surface area contributed by atoms with Crippen molar-refractivity contribution >= 4 is 16.7 Å². The molecule has 0 spiro atoms. The van der Waals surface area contributed by atoms with E-state index in [1.807, 2.05) is 0 Å². The van der Waals surface area contributed by atoms with E-state index < -0.39 is 0 Å². The molecule has 4 nitrogen and oxygen atoms in total. The van der Waals surface area contributed by atoms with Gasteiger partial charge in [0, 0.05) is 18.7 Å². The van der Waals surface area contributed by atoms with E-state index in [-0.39, 0.29) is 0 Å². The number of fused-ring (bicyclic) bond motifs is 1. The maximum Gasteiger partial charge on any atom is 0.224 e. The number of benzene rings is 2. The van der Waals surface area contributed by atoms with Gasteiger partial charge in [-0.1, -0.05) is 36.4 Å². The molecule has 102 valence electrons. The summed E-state index contributed by atoms with van der Waals surface area (Å²) in [5.41, 5.74) is 1.10. The minimum absolute atomic E-state index is 0.832. The Bertz CT molecular complexity index is 730. The number of hydrogen-bond donors (Lipinski definition) is 1. The highest BCUT2D eigenvalue weighted by Gasteiger charge is 2.12. The highest BCUT2D eigenvalue weighted by Crippen LogP contribution is 2.24.